The molecular weight excluding hydrogens is 573 g/mol. The summed E-state index contributed by atoms with van der Waals surface area (Å²) in [7, 11) is 0. The average molecular weight is 613 g/mol. The summed E-state index contributed by atoms with van der Waals surface area (Å²) in [5.41, 5.74) is -0.884. The van der Waals surface area contributed by atoms with E-state index in [1.165, 1.54) is 18.2 Å². The van der Waals surface area contributed by atoms with Crippen LogP contribution >= 0.6 is 0 Å². The van der Waals surface area contributed by atoms with Crippen LogP contribution in [0.25, 0.3) is 0 Å². The normalized spacial score (nSPS) is 24.8. The van der Waals surface area contributed by atoms with Crippen LogP contribution in [0.5, 0.6) is 0 Å². The zero-order chi connectivity index (χ0) is 31.2. The van der Waals surface area contributed by atoms with Gasteiger partial charge >= 0.3 is 6.18 Å². The molecule has 0 bridgehead atoms. The molecule has 0 unspecified atom stereocenters. The number of allylic oxidation sites excluding steroid dienone is 2. The first-order valence-corrected chi connectivity index (χ1v) is 15.2. The molecule has 2 fully saturated rings. The first kappa shape index (κ1) is 31.7. The van der Waals surface area contributed by atoms with E-state index < -0.39 is 29.1 Å². The number of halogens is 3. The molecule has 0 saturated carbocycles. The number of amides is 3. The van der Waals surface area contributed by atoms with Crippen molar-refractivity contribution in [1.29, 1.82) is 0 Å². The van der Waals surface area contributed by atoms with Gasteiger partial charge in [0.05, 0.1) is 23.2 Å². The zero-order valence-electron chi connectivity index (χ0n) is 24.6. The Bertz CT molecular complexity index is 1340. The number of carbonyl (C=O) groups is 3. The molecule has 3 aliphatic heterocycles. The molecule has 3 amide bonds. The smallest absolute Gasteiger partial charge is 0.381 e. The SMILES string of the molecule is O=C(CN1CC[C@@H]2NC(=O)[C@@H](Cc3ccccc3)NC(=O)C3(CC=CC[C@@H]2C1)CCOCC3)Nc1ccccc1C(F)(F)F. The summed E-state index contributed by atoms with van der Waals surface area (Å²) in [4.78, 5) is 42.2. The molecule has 0 radical (unpaired) electrons. The fourth-order valence-corrected chi connectivity index (χ4v) is 6.43. The van der Waals surface area contributed by atoms with E-state index in [2.05, 4.69) is 16.0 Å². The number of carbonyl (C=O) groups excluding carboxylic acids is 3. The van der Waals surface area contributed by atoms with E-state index in [0.29, 0.717) is 64.8 Å². The number of hydrogen-bond acceptors (Lipinski definition) is 5. The largest absolute Gasteiger partial charge is 0.418 e. The van der Waals surface area contributed by atoms with Gasteiger partial charge in [0, 0.05) is 38.8 Å². The van der Waals surface area contributed by atoms with Crippen LogP contribution in [0.1, 0.15) is 43.2 Å². The number of nitrogens with zero attached hydrogens (tertiary/aromatic N) is 1. The number of anilines is 1. The monoisotopic (exact) mass is 612 g/mol. The molecule has 1 spiro atoms. The molecule has 3 aliphatic rings. The lowest BCUT2D eigenvalue weighted by Crippen LogP contribution is -2.58. The van der Waals surface area contributed by atoms with Gasteiger partial charge in [0.2, 0.25) is 17.7 Å². The molecule has 236 valence electrons. The summed E-state index contributed by atoms with van der Waals surface area (Å²) in [6, 6.07) is 13.6. The summed E-state index contributed by atoms with van der Waals surface area (Å²) < 4.78 is 45.8. The fourth-order valence-electron chi connectivity index (χ4n) is 6.43. The van der Waals surface area contributed by atoms with Crippen LogP contribution in [0.2, 0.25) is 0 Å². The minimum atomic E-state index is -4.58. The predicted octanol–water partition coefficient (Wildman–Crippen LogP) is 4.32. The number of alkyl halides is 3. The molecule has 0 aliphatic carbocycles. The molecule has 0 aromatic heterocycles. The molecular formula is C33H39F3N4O4. The molecule has 44 heavy (non-hydrogen) atoms. The molecule has 5 rings (SSSR count). The van der Waals surface area contributed by atoms with Crippen LogP contribution < -0.4 is 16.0 Å². The summed E-state index contributed by atoms with van der Waals surface area (Å²) >= 11 is 0. The van der Waals surface area contributed by atoms with Crippen molar-refractivity contribution in [2.75, 3.05) is 38.2 Å². The maximum absolute atomic E-state index is 13.7. The van der Waals surface area contributed by atoms with Gasteiger partial charge in [-0.3, -0.25) is 19.3 Å². The Morgan fingerprint density at radius 2 is 1.73 bits per heavy atom. The van der Waals surface area contributed by atoms with Crippen LogP contribution in [0, 0.1) is 11.3 Å². The third-order valence-corrected chi connectivity index (χ3v) is 8.97. The van der Waals surface area contributed by atoms with Crippen molar-refractivity contribution in [2.45, 2.75) is 56.8 Å². The third-order valence-electron chi connectivity index (χ3n) is 8.97. The maximum Gasteiger partial charge on any atom is 0.418 e. The predicted molar refractivity (Wildman–Crippen MR) is 159 cm³/mol. The first-order valence-electron chi connectivity index (χ1n) is 15.2. The molecule has 2 saturated heterocycles. The highest BCUT2D eigenvalue weighted by Crippen LogP contribution is 2.36. The highest BCUT2D eigenvalue weighted by Gasteiger charge is 2.42. The van der Waals surface area contributed by atoms with Crippen molar-refractivity contribution in [3.05, 3.63) is 77.9 Å². The standard InChI is InChI=1S/C33H39F3N4O4/c34-33(35,36)25-11-4-5-12-27(25)37-29(41)22-40-17-13-26-24(21-40)10-6-7-14-32(15-18-44-19-16-32)31(43)39-28(30(42)38-26)20-23-8-2-1-3-9-23/h1-9,11-12,24,26,28H,10,13-22H2,(H,37,41)(H,38,42)(H,39,43)/t24-,26+,28-/m1/s1. The minimum absolute atomic E-state index is 0.0302. The van der Waals surface area contributed by atoms with Gasteiger partial charge in [-0.25, -0.2) is 0 Å². The van der Waals surface area contributed by atoms with Gasteiger partial charge in [0.15, 0.2) is 0 Å². The number of likely N-dealkylation sites (tertiary alicyclic amines) is 1. The van der Waals surface area contributed by atoms with Gasteiger partial charge in [-0.1, -0.05) is 54.6 Å². The molecule has 2 aromatic carbocycles. The fraction of sp³-hybridized carbons (Fsp3) is 0.485. The first-order chi connectivity index (χ1) is 21.1. The third kappa shape index (κ3) is 7.87. The van der Waals surface area contributed by atoms with E-state index in [-0.39, 0.29) is 36.0 Å². The maximum atomic E-state index is 13.7. The van der Waals surface area contributed by atoms with Crippen molar-refractivity contribution in [3.8, 4) is 0 Å². The zero-order valence-corrected chi connectivity index (χ0v) is 24.6. The Hall–Kier alpha value is -3.70. The van der Waals surface area contributed by atoms with Gasteiger partial charge in [-0.15, -0.1) is 0 Å². The number of ether oxygens (including phenoxy) is 1. The summed E-state index contributed by atoms with van der Waals surface area (Å²) in [5.74, 6) is -0.942. The second-order valence-electron chi connectivity index (χ2n) is 12.0. The number of para-hydroxylation sites is 1. The molecule has 3 heterocycles. The molecule has 11 heteroatoms. The van der Waals surface area contributed by atoms with Crippen molar-refractivity contribution >= 4 is 23.4 Å². The van der Waals surface area contributed by atoms with Crippen LogP contribution in [-0.4, -0.2) is 67.6 Å². The Labute approximate surface area is 255 Å². The van der Waals surface area contributed by atoms with Gasteiger partial charge in [0.25, 0.3) is 0 Å². The van der Waals surface area contributed by atoms with E-state index in [1.807, 2.05) is 47.4 Å². The van der Waals surface area contributed by atoms with Gasteiger partial charge in [-0.05, 0) is 55.7 Å². The molecule has 3 N–H and O–H groups in total. The Kier molecular flexibility index (Phi) is 10.1. The van der Waals surface area contributed by atoms with Gasteiger partial charge in [0.1, 0.15) is 6.04 Å². The molecule has 3 atom stereocenters. The van der Waals surface area contributed by atoms with Crippen molar-refractivity contribution in [3.63, 3.8) is 0 Å². The summed E-state index contributed by atoms with van der Waals surface area (Å²) in [6.07, 6.45) is 2.69. The second-order valence-corrected chi connectivity index (χ2v) is 12.0. The Morgan fingerprint density at radius 1 is 1.00 bits per heavy atom. The highest BCUT2D eigenvalue weighted by atomic mass is 19.4. The van der Waals surface area contributed by atoms with Crippen molar-refractivity contribution < 1.29 is 32.3 Å². The Balaban J connectivity index is 1.31. The molecule has 8 nitrogen and oxygen atoms in total. The number of benzene rings is 2. The number of rotatable bonds is 5. The Morgan fingerprint density at radius 3 is 2.48 bits per heavy atom. The topological polar surface area (TPSA) is 99.8 Å². The number of piperidine rings is 1. The number of fused-ring (bicyclic) bond motifs is 1. The van der Waals surface area contributed by atoms with Crippen molar-refractivity contribution in [2.24, 2.45) is 11.3 Å². The van der Waals surface area contributed by atoms with Crippen LogP contribution in [0.3, 0.4) is 0 Å². The van der Waals surface area contributed by atoms with E-state index in [4.69, 9.17) is 4.74 Å². The summed E-state index contributed by atoms with van der Waals surface area (Å²) in [6.45, 7) is 1.86. The lowest BCUT2D eigenvalue weighted by molar-refractivity contribution is -0.140. The second kappa shape index (κ2) is 13.9. The number of hydrogen-bond donors (Lipinski definition) is 3. The van der Waals surface area contributed by atoms with E-state index in [0.717, 1.165) is 11.6 Å². The van der Waals surface area contributed by atoms with Crippen LogP contribution in [0.15, 0.2) is 66.7 Å². The van der Waals surface area contributed by atoms with E-state index >= 15 is 0 Å². The summed E-state index contributed by atoms with van der Waals surface area (Å²) in [5, 5.41) is 8.70. The van der Waals surface area contributed by atoms with E-state index in [1.54, 1.807) is 0 Å². The van der Waals surface area contributed by atoms with Gasteiger partial charge in [-0.2, -0.15) is 13.2 Å². The van der Waals surface area contributed by atoms with Crippen LogP contribution in [-0.2, 0) is 31.7 Å². The number of nitrogens with one attached hydrogen (secondary N) is 3. The van der Waals surface area contributed by atoms with Crippen LogP contribution in [0.4, 0.5) is 18.9 Å². The quantitative estimate of drug-likeness (QED) is 0.437. The molecule has 2 aromatic rings. The minimum Gasteiger partial charge on any atom is -0.381 e. The average Bonchev–Trinajstić information content (AvgIpc) is 3.00. The lowest BCUT2D eigenvalue weighted by Gasteiger charge is -2.40. The van der Waals surface area contributed by atoms with Crippen molar-refractivity contribution in [1.82, 2.24) is 15.5 Å². The lowest BCUT2D eigenvalue weighted by atomic mass is 9.75. The van der Waals surface area contributed by atoms with E-state index in [9.17, 15) is 27.6 Å². The highest BCUT2D eigenvalue weighted by molar-refractivity contribution is 5.93. The van der Waals surface area contributed by atoms with Gasteiger partial charge < -0.3 is 20.7 Å².